The predicted molar refractivity (Wildman–Crippen MR) is 74.9 cm³/mol. The summed E-state index contributed by atoms with van der Waals surface area (Å²) in [4.78, 5) is 16.4. The number of hydrogen-bond donors (Lipinski definition) is 1. The van der Waals surface area contributed by atoms with Crippen LogP contribution < -0.4 is 10.1 Å². The van der Waals surface area contributed by atoms with Gasteiger partial charge in [-0.2, -0.15) is 0 Å². The van der Waals surface area contributed by atoms with Crippen LogP contribution in [-0.4, -0.2) is 17.0 Å². The molecule has 1 aliphatic rings. The summed E-state index contributed by atoms with van der Waals surface area (Å²) in [6.45, 7) is 1.87. The van der Waals surface area contributed by atoms with Gasteiger partial charge >= 0.3 is 0 Å². The minimum atomic E-state index is -0.149. The number of thiazole rings is 1. The summed E-state index contributed by atoms with van der Waals surface area (Å²) in [6.07, 6.45) is 2.42. The Labute approximate surface area is 115 Å². The van der Waals surface area contributed by atoms with Gasteiger partial charge in [-0.25, -0.2) is 4.98 Å². The molecule has 1 aromatic carbocycles. The normalized spacial score (nSPS) is 14.2. The molecule has 0 radical (unpaired) electrons. The Morgan fingerprint density at radius 1 is 1.42 bits per heavy atom. The van der Waals surface area contributed by atoms with Crippen LogP contribution in [0.5, 0.6) is 5.75 Å². The smallest absolute Gasteiger partial charge is 0.260 e. The summed E-state index contributed by atoms with van der Waals surface area (Å²) in [7, 11) is 0. The number of anilines is 1. The number of aromatic nitrogens is 1. The van der Waals surface area contributed by atoms with Crippen LogP contribution in [-0.2, 0) is 0 Å². The Bertz CT molecular complexity index is 605. The fourth-order valence-corrected chi connectivity index (χ4v) is 2.41. The minimum Gasteiger partial charge on any atom is -0.490 e. The van der Waals surface area contributed by atoms with E-state index in [4.69, 9.17) is 4.74 Å². The fraction of sp³-hybridized carbons (Fsp3) is 0.286. The molecule has 98 valence electrons. The molecular weight excluding hydrogens is 260 g/mol. The Morgan fingerprint density at radius 2 is 2.21 bits per heavy atom. The van der Waals surface area contributed by atoms with E-state index in [0.717, 1.165) is 23.5 Å². The van der Waals surface area contributed by atoms with Crippen molar-refractivity contribution in [2.24, 2.45) is 0 Å². The van der Waals surface area contributed by atoms with E-state index in [1.54, 1.807) is 11.6 Å². The van der Waals surface area contributed by atoms with Crippen LogP contribution in [0, 0.1) is 6.92 Å². The van der Waals surface area contributed by atoms with Crippen molar-refractivity contribution in [1.29, 1.82) is 0 Å². The third kappa shape index (κ3) is 2.76. The maximum absolute atomic E-state index is 12.3. The first kappa shape index (κ1) is 12.2. The number of ether oxygens (including phenoxy) is 1. The highest BCUT2D eigenvalue weighted by atomic mass is 32.1. The number of para-hydroxylation sites is 1. The summed E-state index contributed by atoms with van der Waals surface area (Å²) in [5, 5.41) is 3.66. The summed E-state index contributed by atoms with van der Waals surface area (Å²) < 4.78 is 5.75. The fourth-order valence-electron chi connectivity index (χ4n) is 1.71. The van der Waals surface area contributed by atoms with E-state index in [9.17, 15) is 4.79 Å². The number of benzene rings is 1. The molecule has 0 atom stereocenters. The van der Waals surface area contributed by atoms with E-state index in [0.29, 0.717) is 11.3 Å². The molecule has 0 aliphatic heterocycles. The molecule has 0 unspecified atom stereocenters. The SMILES string of the molecule is Cc1ncsc1NC(=O)c1ccccc1OC1CC1. The third-order valence-corrected chi connectivity index (χ3v) is 3.77. The van der Waals surface area contributed by atoms with Crippen molar-refractivity contribution in [2.75, 3.05) is 5.32 Å². The maximum Gasteiger partial charge on any atom is 0.260 e. The number of rotatable bonds is 4. The van der Waals surface area contributed by atoms with Crippen LogP contribution in [0.3, 0.4) is 0 Å². The van der Waals surface area contributed by atoms with Gasteiger partial charge < -0.3 is 10.1 Å². The van der Waals surface area contributed by atoms with Crippen LogP contribution in [0.1, 0.15) is 28.9 Å². The monoisotopic (exact) mass is 274 g/mol. The number of carbonyl (C=O) groups excluding carboxylic acids is 1. The first-order chi connectivity index (χ1) is 9.24. The molecule has 1 aromatic heterocycles. The summed E-state index contributed by atoms with van der Waals surface area (Å²) in [6, 6.07) is 7.34. The number of carbonyl (C=O) groups is 1. The van der Waals surface area contributed by atoms with Gasteiger partial charge in [-0.3, -0.25) is 4.79 Å². The lowest BCUT2D eigenvalue weighted by Crippen LogP contribution is -2.14. The first-order valence-corrected chi connectivity index (χ1v) is 7.09. The quantitative estimate of drug-likeness (QED) is 0.931. The van der Waals surface area contributed by atoms with Crippen LogP contribution >= 0.6 is 11.3 Å². The van der Waals surface area contributed by atoms with Crippen LogP contribution in [0.15, 0.2) is 29.8 Å². The molecular formula is C14H14N2O2S. The zero-order valence-electron chi connectivity index (χ0n) is 10.6. The first-order valence-electron chi connectivity index (χ1n) is 6.21. The van der Waals surface area contributed by atoms with Gasteiger partial charge in [0.15, 0.2) is 0 Å². The highest BCUT2D eigenvalue weighted by Crippen LogP contribution is 2.30. The average molecular weight is 274 g/mol. The van der Waals surface area contributed by atoms with E-state index < -0.39 is 0 Å². The molecule has 5 heteroatoms. The van der Waals surface area contributed by atoms with E-state index in [1.165, 1.54) is 11.3 Å². The number of nitrogens with one attached hydrogen (secondary N) is 1. The Balaban J connectivity index is 1.80. The molecule has 1 N–H and O–H groups in total. The van der Waals surface area contributed by atoms with Crippen molar-refractivity contribution >= 4 is 22.2 Å². The largest absolute Gasteiger partial charge is 0.490 e. The van der Waals surface area contributed by atoms with Crippen molar-refractivity contribution in [3.05, 3.63) is 41.0 Å². The number of hydrogen-bond acceptors (Lipinski definition) is 4. The second kappa shape index (κ2) is 5.01. The van der Waals surface area contributed by atoms with Crippen LogP contribution in [0.4, 0.5) is 5.00 Å². The van der Waals surface area contributed by atoms with Gasteiger partial charge in [0.05, 0.1) is 22.9 Å². The summed E-state index contributed by atoms with van der Waals surface area (Å²) >= 11 is 1.42. The molecule has 19 heavy (non-hydrogen) atoms. The highest BCUT2D eigenvalue weighted by Gasteiger charge is 2.25. The van der Waals surface area contributed by atoms with Crippen molar-refractivity contribution in [2.45, 2.75) is 25.9 Å². The molecule has 0 spiro atoms. The van der Waals surface area contributed by atoms with Gasteiger partial charge in [0, 0.05) is 0 Å². The van der Waals surface area contributed by atoms with Gasteiger partial charge in [0.2, 0.25) is 0 Å². The lowest BCUT2D eigenvalue weighted by Gasteiger charge is -2.10. The Morgan fingerprint density at radius 3 is 2.89 bits per heavy atom. The average Bonchev–Trinajstić information content (AvgIpc) is 3.13. The molecule has 1 fully saturated rings. The lowest BCUT2D eigenvalue weighted by molar-refractivity contribution is 0.102. The molecule has 1 heterocycles. The van der Waals surface area contributed by atoms with Gasteiger partial charge in [-0.05, 0) is 31.9 Å². The molecule has 3 rings (SSSR count). The molecule has 1 aliphatic carbocycles. The standard InChI is InChI=1S/C14H14N2O2S/c1-9-14(19-8-15-9)16-13(17)11-4-2-3-5-12(11)18-10-6-7-10/h2-5,8,10H,6-7H2,1H3,(H,16,17). The zero-order valence-corrected chi connectivity index (χ0v) is 11.4. The Kier molecular flexibility index (Phi) is 3.21. The van der Waals surface area contributed by atoms with E-state index in [-0.39, 0.29) is 12.0 Å². The molecule has 2 aromatic rings. The van der Waals surface area contributed by atoms with Gasteiger partial charge in [-0.1, -0.05) is 12.1 Å². The Hall–Kier alpha value is -1.88. The summed E-state index contributed by atoms with van der Waals surface area (Å²) in [5.41, 5.74) is 3.12. The third-order valence-electron chi connectivity index (χ3n) is 2.92. The molecule has 0 saturated heterocycles. The van der Waals surface area contributed by atoms with Crippen LogP contribution in [0.2, 0.25) is 0 Å². The summed E-state index contributed by atoms with van der Waals surface area (Å²) in [5.74, 6) is 0.508. The molecule has 1 saturated carbocycles. The molecule has 4 nitrogen and oxygen atoms in total. The zero-order chi connectivity index (χ0) is 13.2. The van der Waals surface area contributed by atoms with E-state index >= 15 is 0 Å². The predicted octanol–water partition coefficient (Wildman–Crippen LogP) is 3.25. The second-order valence-corrected chi connectivity index (χ2v) is 5.39. The number of nitrogens with zero attached hydrogens (tertiary/aromatic N) is 1. The van der Waals surface area contributed by atoms with E-state index in [1.807, 2.05) is 25.1 Å². The van der Waals surface area contributed by atoms with Crippen LogP contribution in [0.25, 0.3) is 0 Å². The molecule has 0 bridgehead atoms. The van der Waals surface area contributed by atoms with Crippen molar-refractivity contribution in [1.82, 2.24) is 4.98 Å². The van der Waals surface area contributed by atoms with Crippen molar-refractivity contribution < 1.29 is 9.53 Å². The van der Waals surface area contributed by atoms with Gasteiger partial charge in [0.25, 0.3) is 5.91 Å². The van der Waals surface area contributed by atoms with Crippen molar-refractivity contribution in [3.8, 4) is 5.75 Å². The lowest BCUT2D eigenvalue weighted by atomic mass is 10.2. The number of aryl methyl sites for hydroxylation is 1. The minimum absolute atomic E-state index is 0.149. The van der Waals surface area contributed by atoms with Gasteiger partial charge in [-0.15, -0.1) is 11.3 Å². The van der Waals surface area contributed by atoms with Crippen molar-refractivity contribution in [3.63, 3.8) is 0 Å². The molecule has 1 amide bonds. The second-order valence-electron chi connectivity index (χ2n) is 4.53. The highest BCUT2D eigenvalue weighted by molar-refractivity contribution is 7.14. The van der Waals surface area contributed by atoms with E-state index in [2.05, 4.69) is 10.3 Å². The maximum atomic E-state index is 12.3. The number of amides is 1. The topological polar surface area (TPSA) is 51.2 Å². The van der Waals surface area contributed by atoms with Gasteiger partial charge in [0.1, 0.15) is 10.8 Å².